The summed E-state index contributed by atoms with van der Waals surface area (Å²) in [5, 5.41) is 9.13. The number of rotatable bonds is 2. The molecule has 1 aliphatic rings. The molecule has 0 saturated carbocycles. The number of hydrogen-bond donors (Lipinski definition) is 1. The van der Waals surface area contributed by atoms with Gasteiger partial charge in [0.25, 0.3) is 0 Å². The first-order valence-corrected chi connectivity index (χ1v) is 4.27. The van der Waals surface area contributed by atoms with E-state index >= 15 is 0 Å². The Morgan fingerprint density at radius 3 is 3.00 bits per heavy atom. The summed E-state index contributed by atoms with van der Waals surface area (Å²) in [6, 6.07) is 0. The van der Waals surface area contributed by atoms with E-state index < -0.39 is 6.29 Å². The lowest BCUT2D eigenvalue weighted by Gasteiger charge is -2.25. The monoisotopic (exact) mass is 156 g/mol. The van der Waals surface area contributed by atoms with Gasteiger partial charge in [0.15, 0.2) is 6.29 Å². The molecule has 0 aromatic heterocycles. The summed E-state index contributed by atoms with van der Waals surface area (Å²) in [7, 11) is 0. The Bertz CT molecular complexity index is 132. The van der Waals surface area contributed by atoms with Crippen LogP contribution in [0.3, 0.4) is 0 Å². The van der Waals surface area contributed by atoms with Gasteiger partial charge < -0.3 is 9.84 Å². The van der Waals surface area contributed by atoms with Crippen LogP contribution in [0.2, 0.25) is 0 Å². The third-order valence-corrected chi connectivity index (χ3v) is 1.96. The maximum Gasteiger partial charge on any atom is 0.154 e. The topological polar surface area (TPSA) is 29.5 Å². The van der Waals surface area contributed by atoms with Gasteiger partial charge in [0, 0.05) is 0 Å². The van der Waals surface area contributed by atoms with E-state index in [2.05, 4.69) is 6.08 Å². The van der Waals surface area contributed by atoms with Crippen LogP contribution in [-0.2, 0) is 4.74 Å². The van der Waals surface area contributed by atoms with Gasteiger partial charge in [0.2, 0.25) is 0 Å². The second-order valence-corrected chi connectivity index (χ2v) is 2.95. The fraction of sp³-hybridized carbons (Fsp3) is 0.778. The number of aliphatic hydroxyl groups is 1. The summed E-state index contributed by atoms with van der Waals surface area (Å²) in [5.74, 6) is 0. The van der Waals surface area contributed by atoms with Crippen molar-refractivity contribution in [3.63, 3.8) is 0 Å². The van der Waals surface area contributed by atoms with Gasteiger partial charge in [0.1, 0.15) is 0 Å². The molecule has 0 radical (unpaired) electrons. The third kappa shape index (κ3) is 3.04. The molecule has 0 spiro atoms. The highest BCUT2D eigenvalue weighted by molar-refractivity contribution is 4.82. The Morgan fingerprint density at radius 2 is 2.36 bits per heavy atom. The van der Waals surface area contributed by atoms with Gasteiger partial charge in [-0.15, -0.1) is 0 Å². The van der Waals surface area contributed by atoms with Crippen LogP contribution in [-0.4, -0.2) is 17.5 Å². The average Bonchev–Trinajstić information content (AvgIpc) is 2.01. The summed E-state index contributed by atoms with van der Waals surface area (Å²) in [4.78, 5) is 0. The van der Waals surface area contributed by atoms with Gasteiger partial charge in [-0.1, -0.05) is 12.2 Å². The SMILES string of the molecule is C/C=C/CC1CCCC(O)O1. The highest BCUT2D eigenvalue weighted by atomic mass is 16.6. The van der Waals surface area contributed by atoms with Crippen molar-refractivity contribution in [2.24, 2.45) is 0 Å². The van der Waals surface area contributed by atoms with Crippen LogP contribution in [0.15, 0.2) is 12.2 Å². The van der Waals surface area contributed by atoms with Gasteiger partial charge in [-0.25, -0.2) is 0 Å². The van der Waals surface area contributed by atoms with Crippen molar-refractivity contribution in [1.82, 2.24) is 0 Å². The van der Waals surface area contributed by atoms with Crippen LogP contribution in [0.1, 0.15) is 32.6 Å². The molecule has 0 aromatic rings. The normalized spacial score (nSPS) is 32.9. The number of hydrogen-bond acceptors (Lipinski definition) is 2. The van der Waals surface area contributed by atoms with E-state index in [-0.39, 0.29) is 6.10 Å². The maximum atomic E-state index is 9.13. The molecular formula is C9H16O2. The Morgan fingerprint density at radius 1 is 1.55 bits per heavy atom. The van der Waals surface area contributed by atoms with Crippen molar-refractivity contribution < 1.29 is 9.84 Å². The summed E-state index contributed by atoms with van der Waals surface area (Å²) < 4.78 is 5.29. The molecular weight excluding hydrogens is 140 g/mol. The Balaban J connectivity index is 2.22. The molecule has 0 aliphatic carbocycles. The standard InChI is InChI=1S/C9H16O2/c1-2-3-5-8-6-4-7-9(10)11-8/h2-3,8-10H,4-7H2,1H3/b3-2+. The minimum Gasteiger partial charge on any atom is -0.368 e. The number of allylic oxidation sites excluding steroid dienone is 1. The predicted molar refractivity (Wildman–Crippen MR) is 44.2 cm³/mol. The molecule has 0 bridgehead atoms. The maximum absolute atomic E-state index is 9.13. The zero-order valence-electron chi connectivity index (χ0n) is 6.99. The fourth-order valence-electron chi connectivity index (χ4n) is 1.34. The van der Waals surface area contributed by atoms with Crippen LogP contribution in [0.5, 0.6) is 0 Å². The largest absolute Gasteiger partial charge is 0.368 e. The first kappa shape index (κ1) is 8.75. The van der Waals surface area contributed by atoms with Crippen molar-refractivity contribution in [3.8, 4) is 0 Å². The molecule has 1 saturated heterocycles. The van der Waals surface area contributed by atoms with Crippen LogP contribution in [0, 0.1) is 0 Å². The summed E-state index contributed by atoms with van der Waals surface area (Å²) in [6.45, 7) is 2.00. The first-order valence-electron chi connectivity index (χ1n) is 4.27. The minimum absolute atomic E-state index is 0.245. The van der Waals surface area contributed by atoms with Crippen molar-refractivity contribution >= 4 is 0 Å². The first-order chi connectivity index (χ1) is 5.33. The van der Waals surface area contributed by atoms with E-state index in [1.54, 1.807) is 0 Å². The lowest BCUT2D eigenvalue weighted by molar-refractivity contribution is -0.161. The Labute approximate surface area is 67.9 Å². The van der Waals surface area contributed by atoms with E-state index in [0.717, 1.165) is 25.7 Å². The minimum atomic E-state index is -0.515. The van der Waals surface area contributed by atoms with Crippen LogP contribution in [0.25, 0.3) is 0 Å². The molecule has 64 valence electrons. The molecule has 2 heteroatoms. The molecule has 1 fully saturated rings. The van der Waals surface area contributed by atoms with Crippen molar-refractivity contribution in [1.29, 1.82) is 0 Å². The van der Waals surface area contributed by atoms with Crippen LogP contribution < -0.4 is 0 Å². The van der Waals surface area contributed by atoms with E-state index in [1.807, 2.05) is 13.0 Å². The molecule has 1 rings (SSSR count). The zero-order valence-corrected chi connectivity index (χ0v) is 6.99. The second-order valence-electron chi connectivity index (χ2n) is 2.95. The summed E-state index contributed by atoms with van der Waals surface area (Å²) >= 11 is 0. The molecule has 0 amide bonds. The molecule has 1 aliphatic heterocycles. The van der Waals surface area contributed by atoms with Crippen molar-refractivity contribution in [2.75, 3.05) is 0 Å². The lowest BCUT2D eigenvalue weighted by Crippen LogP contribution is -2.26. The van der Waals surface area contributed by atoms with Gasteiger partial charge in [-0.05, 0) is 32.6 Å². The smallest absolute Gasteiger partial charge is 0.154 e. The van der Waals surface area contributed by atoms with Crippen molar-refractivity contribution in [3.05, 3.63) is 12.2 Å². The summed E-state index contributed by atoms with van der Waals surface area (Å²) in [6.07, 6.45) is 7.74. The van der Waals surface area contributed by atoms with Crippen LogP contribution >= 0.6 is 0 Å². The highest BCUT2D eigenvalue weighted by Crippen LogP contribution is 2.19. The Kier molecular flexibility index (Phi) is 3.60. The molecule has 11 heavy (non-hydrogen) atoms. The highest BCUT2D eigenvalue weighted by Gasteiger charge is 2.18. The van der Waals surface area contributed by atoms with Gasteiger partial charge >= 0.3 is 0 Å². The van der Waals surface area contributed by atoms with Gasteiger partial charge in [0.05, 0.1) is 6.10 Å². The molecule has 2 atom stereocenters. The molecule has 0 aromatic carbocycles. The van der Waals surface area contributed by atoms with E-state index in [0.29, 0.717) is 0 Å². The van der Waals surface area contributed by atoms with Gasteiger partial charge in [-0.2, -0.15) is 0 Å². The number of ether oxygens (including phenoxy) is 1. The van der Waals surface area contributed by atoms with E-state index in [4.69, 9.17) is 9.84 Å². The number of aliphatic hydroxyl groups excluding tert-OH is 1. The fourth-order valence-corrected chi connectivity index (χ4v) is 1.34. The third-order valence-electron chi connectivity index (χ3n) is 1.96. The second kappa shape index (κ2) is 4.52. The lowest BCUT2D eigenvalue weighted by atomic mass is 10.1. The van der Waals surface area contributed by atoms with Crippen LogP contribution in [0.4, 0.5) is 0 Å². The average molecular weight is 156 g/mol. The predicted octanol–water partition coefficient (Wildman–Crippen LogP) is 1.84. The Hall–Kier alpha value is -0.340. The zero-order chi connectivity index (χ0) is 8.10. The molecule has 2 unspecified atom stereocenters. The quantitative estimate of drug-likeness (QED) is 0.618. The van der Waals surface area contributed by atoms with E-state index in [9.17, 15) is 0 Å². The van der Waals surface area contributed by atoms with Crippen molar-refractivity contribution in [2.45, 2.75) is 45.0 Å². The summed E-state index contributed by atoms with van der Waals surface area (Å²) in [5.41, 5.74) is 0. The molecule has 2 nitrogen and oxygen atoms in total. The van der Waals surface area contributed by atoms with E-state index in [1.165, 1.54) is 0 Å². The van der Waals surface area contributed by atoms with Gasteiger partial charge in [-0.3, -0.25) is 0 Å². The molecule has 1 heterocycles. The molecule has 1 N–H and O–H groups in total.